The van der Waals surface area contributed by atoms with Crippen molar-refractivity contribution >= 4 is 28.2 Å². The Bertz CT molecular complexity index is 583. The molecular weight excluding hydrogens is 312 g/mol. The molecule has 5 nitrogen and oxygen atoms in total. The second-order valence-electron chi connectivity index (χ2n) is 6.50. The zero-order valence-corrected chi connectivity index (χ0v) is 15.0. The first-order chi connectivity index (χ1) is 10.9. The van der Waals surface area contributed by atoms with Gasteiger partial charge in [-0.3, -0.25) is 9.69 Å². The van der Waals surface area contributed by atoms with Gasteiger partial charge in [0.15, 0.2) is 0 Å². The fraction of sp³-hybridized carbons (Fsp3) is 0.647. The van der Waals surface area contributed by atoms with Gasteiger partial charge < -0.3 is 10.4 Å². The summed E-state index contributed by atoms with van der Waals surface area (Å²) in [6.45, 7) is 5.46. The molecule has 23 heavy (non-hydrogen) atoms. The molecule has 1 aromatic heterocycles. The first-order valence-corrected chi connectivity index (χ1v) is 9.10. The van der Waals surface area contributed by atoms with Crippen molar-refractivity contribution in [2.24, 2.45) is 5.92 Å². The van der Waals surface area contributed by atoms with Crippen LogP contribution in [0.2, 0.25) is 0 Å². The molecule has 0 fully saturated rings. The molecule has 0 saturated heterocycles. The summed E-state index contributed by atoms with van der Waals surface area (Å²) in [4.78, 5) is 26.9. The van der Waals surface area contributed by atoms with Gasteiger partial charge >= 0.3 is 5.97 Å². The minimum Gasteiger partial charge on any atom is -0.478 e. The third-order valence-electron chi connectivity index (χ3n) is 4.29. The van der Waals surface area contributed by atoms with Crippen molar-refractivity contribution in [3.8, 4) is 0 Å². The van der Waals surface area contributed by atoms with Gasteiger partial charge in [0.2, 0.25) is 5.91 Å². The van der Waals surface area contributed by atoms with Gasteiger partial charge in [-0.25, -0.2) is 4.79 Å². The van der Waals surface area contributed by atoms with E-state index >= 15 is 0 Å². The maximum Gasteiger partial charge on any atom is 0.339 e. The Morgan fingerprint density at radius 2 is 2.17 bits per heavy atom. The number of rotatable bonds is 7. The maximum absolute atomic E-state index is 12.2. The summed E-state index contributed by atoms with van der Waals surface area (Å²) >= 11 is 1.44. The van der Waals surface area contributed by atoms with E-state index in [2.05, 4.69) is 19.2 Å². The van der Waals surface area contributed by atoms with Crippen LogP contribution in [0.15, 0.2) is 0 Å². The number of hydrogen-bond acceptors (Lipinski definition) is 4. The molecule has 1 atom stereocenters. The molecule has 2 N–H and O–H groups in total. The average Bonchev–Trinajstić information content (AvgIpc) is 2.81. The zero-order valence-electron chi connectivity index (χ0n) is 14.1. The van der Waals surface area contributed by atoms with Gasteiger partial charge in [0.25, 0.3) is 0 Å². The molecule has 1 unspecified atom stereocenters. The first-order valence-electron chi connectivity index (χ1n) is 8.28. The molecule has 0 radical (unpaired) electrons. The molecule has 1 aliphatic carbocycles. The number of nitrogens with one attached hydrogen (secondary N) is 1. The van der Waals surface area contributed by atoms with Gasteiger partial charge in [-0.2, -0.15) is 0 Å². The van der Waals surface area contributed by atoms with Gasteiger partial charge in [0.1, 0.15) is 5.00 Å². The van der Waals surface area contributed by atoms with Crippen molar-refractivity contribution in [2.45, 2.75) is 46.0 Å². The van der Waals surface area contributed by atoms with Gasteiger partial charge in [-0.1, -0.05) is 20.3 Å². The Morgan fingerprint density at radius 3 is 2.83 bits per heavy atom. The topological polar surface area (TPSA) is 69.6 Å². The summed E-state index contributed by atoms with van der Waals surface area (Å²) in [5.41, 5.74) is 1.23. The standard InChI is InChI=1S/C17H26N2O3S/c1-4-5-8-19(3)10-14(20)18-16-15(17(21)22)12-7-6-11(2)9-13(12)23-16/h11H,4-10H2,1-3H3,(H,18,20)(H,21,22). The number of likely N-dealkylation sites (N-methyl/N-ethyl adjacent to an activating group) is 1. The smallest absolute Gasteiger partial charge is 0.339 e. The summed E-state index contributed by atoms with van der Waals surface area (Å²) in [5.74, 6) is -0.504. The van der Waals surface area contributed by atoms with E-state index in [1.54, 1.807) is 0 Å². The van der Waals surface area contributed by atoms with Crippen molar-refractivity contribution in [1.29, 1.82) is 0 Å². The number of carbonyl (C=O) groups is 2. The van der Waals surface area contributed by atoms with Gasteiger partial charge in [0.05, 0.1) is 12.1 Å². The fourth-order valence-electron chi connectivity index (χ4n) is 2.98. The SMILES string of the molecule is CCCCN(C)CC(=O)Nc1sc2c(c1C(=O)O)CCC(C)C2. The molecule has 1 aromatic rings. The van der Waals surface area contributed by atoms with Crippen molar-refractivity contribution < 1.29 is 14.7 Å². The highest BCUT2D eigenvalue weighted by atomic mass is 32.1. The van der Waals surface area contributed by atoms with Crippen LogP contribution in [0.4, 0.5) is 5.00 Å². The number of hydrogen-bond donors (Lipinski definition) is 2. The molecule has 128 valence electrons. The van der Waals surface area contributed by atoms with Crippen LogP contribution in [-0.2, 0) is 17.6 Å². The number of nitrogens with zero attached hydrogens (tertiary/aromatic N) is 1. The van der Waals surface area contributed by atoms with Crippen LogP contribution in [0, 0.1) is 5.92 Å². The highest BCUT2D eigenvalue weighted by molar-refractivity contribution is 7.17. The monoisotopic (exact) mass is 338 g/mol. The maximum atomic E-state index is 12.2. The van der Waals surface area contributed by atoms with E-state index < -0.39 is 5.97 Å². The van der Waals surface area contributed by atoms with Gasteiger partial charge in [0, 0.05) is 4.88 Å². The van der Waals surface area contributed by atoms with E-state index in [1.807, 2.05) is 11.9 Å². The number of thiophene rings is 1. The Hall–Kier alpha value is -1.40. The number of anilines is 1. The molecule has 0 bridgehead atoms. The molecule has 0 aromatic carbocycles. The van der Waals surface area contributed by atoms with Crippen LogP contribution >= 0.6 is 11.3 Å². The molecule has 6 heteroatoms. The zero-order chi connectivity index (χ0) is 17.0. The van der Waals surface area contributed by atoms with Crippen molar-refractivity contribution in [1.82, 2.24) is 4.90 Å². The predicted molar refractivity (Wildman–Crippen MR) is 93.5 cm³/mol. The van der Waals surface area contributed by atoms with Gasteiger partial charge in [-0.15, -0.1) is 11.3 Å². The van der Waals surface area contributed by atoms with Crippen LogP contribution in [0.1, 0.15) is 53.9 Å². The van der Waals surface area contributed by atoms with Crippen LogP contribution in [0.5, 0.6) is 0 Å². The van der Waals surface area contributed by atoms with Crippen molar-refractivity contribution in [2.75, 3.05) is 25.5 Å². The molecule has 1 amide bonds. The molecule has 0 saturated carbocycles. The minimum absolute atomic E-state index is 0.141. The average molecular weight is 338 g/mol. The van der Waals surface area contributed by atoms with Crippen LogP contribution in [0.3, 0.4) is 0 Å². The third-order valence-corrected chi connectivity index (χ3v) is 5.46. The Morgan fingerprint density at radius 1 is 1.43 bits per heavy atom. The number of fused-ring (bicyclic) bond motifs is 1. The second-order valence-corrected chi connectivity index (χ2v) is 7.61. The summed E-state index contributed by atoms with van der Waals surface area (Å²) in [6.07, 6.45) is 4.85. The van der Waals surface area contributed by atoms with E-state index in [0.717, 1.165) is 49.1 Å². The summed E-state index contributed by atoms with van der Waals surface area (Å²) < 4.78 is 0. The molecule has 0 aliphatic heterocycles. The minimum atomic E-state index is -0.938. The highest BCUT2D eigenvalue weighted by Gasteiger charge is 2.28. The summed E-state index contributed by atoms with van der Waals surface area (Å²) in [5, 5.41) is 12.9. The van der Waals surface area contributed by atoms with Crippen LogP contribution in [-0.4, -0.2) is 42.0 Å². The van der Waals surface area contributed by atoms with E-state index in [-0.39, 0.29) is 12.5 Å². The number of unbranched alkanes of at least 4 members (excludes halogenated alkanes) is 1. The number of carboxylic acids is 1. The van der Waals surface area contributed by atoms with E-state index in [0.29, 0.717) is 16.5 Å². The number of amides is 1. The summed E-state index contributed by atoms with van der Waals surface area (Å²) in [6, 6.07) is 0. The lowest BCUT2D eigenvalue weighted by Crippen LogP contribution is -2.31. The molecule has 0 spiro atoms. The van der Waals surface area contributed by atoms with Crippen molar-refractivity contribution in [3.05, 3.63) is 16.0 Å². The van der Waals surface area contributed by atoms with Crippen LogP contribution in [0.25, 0.3) is 0 Å². The highest BCUT2D eigenvalue weighted by Crippen LogP contribution is 2.39. The Kier molecular flexibility index (Phi) is 6.18. The number of carboxylic acid groups (broad SMARTS) is 1. The lowest BCUT2D eigenvalue weighted by atomic mass is 9.88. The lowest BCUT2D eigenvalue weighted by Gasteiger charge is -2.17. The van der Waals surface area contributed by atoms with E-state index in [1.165, 1.54) is 11.3 Å². The molecule has 2 rings (SSSR count). The fourth-order valence-corrected chi connectivity index (χ4v) is 4.40. The molecular formula is C17H26N2O3S. The van der Waals surface area contributed by atoms with Crippen molar-refractivity contribution in [3.63, 3.8) is 0 Å². The molecule has 1 heterocycles. The van der Waals surface area contributed by atoms with Gasteiger partial charge in [-0.05, 0) is 50.8 Å². The summed E-state index contributed by atoms with van der Waals surface area (Å²) in [7, 11) is 1.91. The quantitative estimate of drug-likeness (QED) is 0.801. The van der Waals surface area contributed by atoms with E-state index in [9.17, 15) is 14.7 Å². The first kappa shape index (κ1) is 17.9. The van der Waals surface area contributed by atoms with Crippen LogP contribution < -0.4 is 5.32 Å². The lowest BCUT2D eigenvalue weighted by molar-refractivity contribution is -0.117. The Balaban J connectivity index is 2.10. The number of carbonyl (C=O) groups excluding carboxylic acids is 1. The Labute approximate surface area is 141 Å². The normalized spacial score (nSPS) is 17.1. The number of aromatic carboxylic acids is 1. The third kappa shape index (κ3) is 4.54. The molecule has 1 aliphatic rings. The second kappa shape index (κ2) is 7.93. The largest absolute Gasteiger partial charge is 0.478 e. The predicted octanol–water partition coefficient (Wildman–Crippen LogP) is 3.24. The van der Waals surface area contributed by atoms with E-state index in [4.69, 9.17) is 0 Å².